The van der Waals surface area contributed by atoms with Crippen molar-refractivity contribution in [3.63, 3.8) is 0 Å². The topological polar surface area (TPSA) is 32.3 Å². The lowest BCUT2D eigenvalue weighted by Gasteiger charge is -2.30. The van der Waals surface area contributed by atoms with Crippen LogP contribution in [-0.2, 0) is 17.9 Å². The van der Waals surface area contributed by atoms with E-state index in [1.165, 1.54) is 17.5 Å². The van der Waals surface area contributed by atoms with E-state index in [9.17, 15) is 4.79 Å². The Bertz CT molecular complexity index is 565. The van der Waals surface area contributed by atoms with Gasteiger partial charge in [-0.15, -0.1) is 0 Å². The number of piperidine rings is 1. The zero-order valence-corrected chi connectivity index (χ0v) is 13.4. The second kappa shape index (κ2) is 7.93. The summed E-state index contributed by atoms with van der Waals surface area (Å²) in [5.41, 5.74) is 2.35. The summed E-state index contributed by atoms with van der Waals surface area (Å²) < 4.78 is 0. The van der Waals surface area contributed by atoms with Gasteiger partial charge in [-0.05, 0) is 30.5 Å². The summed E-state index contributed by atoms with van der Waals surface area (Å²) >= 11 is 0. The summed E-state index contributed by atoms with van der Waals surface area (Å²) in [4.78, 5) is 15.0. The maximum absolute atomic E-state index is 13.0. The highest BCUT2D eigenvalue weighted by atomic mass is 16.2. The van der Waals surface area contributed by atoms with Crippen molar-refractivity contribution in [1.82, 2.24) is 10.2 Å². The van der Waals surface area contributed by atoms with Crippen molar-refractivity contribution in [3.8, 4) is 0 Å². The van der Waals surface area contributed by atoms with Crippen LogP contribution in [0.5, 0.6) is 0 Å². The molecule has 3 rings (SSSR count). The van der Waals surface area contributed by atoms with E-state index in [1.54, 1.807) is 0 Å². The van der Waals surface area contributed by atoms with Gasteiger partial charge in [-0.2, -0.15) is 0 Å². The van der Waals surface area contributed by atoms with Crippen molar-refractivity contribution in [2.45, 2.75) is 38.4 Å². The maximum atomic E-state index is 13.0. The number of hydrogen-bond donors (Lipinski definition) is 1. The number of carbonyl (C=O) groups is 1. The van der Waals surface area contributed by atoms with Crippen LogP contribution in [0.15, 0.2) is 60.7 Å². The van der Waals surface area contributed by atoms with Gasteiger partial charge in [0.25, 0.3) is 0 Å². The first-order chi connectivity index (χ1) is 11.3. The minimum Gasteiger partial charge on any atom is -0.333 e. The van der Waals surface area contributed by atoms with Crippen molar-refractivity contribution < 1.29 is 4.79 Å². The van der Waals surface area contributed by atoms with Crippen molar-refractivity contribution in [2.24, 2.45) is 0 Å². The van der Waals surface area contributed by atoms with E-state index in [0.29, 0.717) is 13.1 Å². The molecule has 1 saturated heterocycles. The smallest absolute Gasteiger partial charge is 0.240 e. The van der Waals surface area contributed by atoms with Gasteiger partial charge < -0.3 is 10.2 Å². The molecule has 0 saturated carbocycles. The lowest BCUT2D eigenvalue weighted by Crippen LogP contribution is -2.48. The Labute approximate surface area is 138 Å². The van der Waals surface area contributed by atoms with E-state index in [-0.39, 0.29) is 11.9 Å². The first kappa shape index (κ1) is 15.8. The third-order valence-electron chi connectivity index (χ3n) is 4.35. The molecule has 1 aliphatic rings. The van der Waals surface area contributed by atoms with Crippen LogP contribution in [0.1, 0.15) is 30.4 Å². The van der Waals surface area contributed by atoms with Crippen LogP contribution in [-0.4, -0.2) is 23.4 Å². The molecule has 0 unspecified atom stereocenters. The Morgan fingerprint density at radius 2 is 1.48 bits per heavy atom. The van der Waals surface area contributed by atoms with Gasteiger partial charge in [0.2, 0.25) is 5.91 Å². The second-order valence-corrected chi connectivity index (χ2v) is 6.17. The second-order valence-electron chi connectivity index (χ2n) is 6.17. The monoisotopic (exact) mass is 308 g/mol. The molecule has 1 fully saturated rings. The van der Waals surface area contributed by atoms with E-state index >= 15 is 0 Å². The molecule has 2 aromatic carbocycles. The van der Waals surface area contributed by atoms with Gasteiger partial charge in [-0.25, -0.2) is 0 Å². The van der Waals surface area contributed by atoms with Gasteiger partial charge in [0, 0.05) is 13.1 Å². The lowest BCUT2D eigenvalue weighted by atomic mass is 10.0. The van der Waals surface area contributed by atoms with Crippen LogP contribution in [0, 0.1) is 0 Å². The summed E-state index contributed by atoms with van der Waals surface area (Å²) in [6.07, 6.45) is 3.24. The van der Waals surface area contributed by atoms with Gasteiger partial charge >= 0.3 is 0 Å². The summed E-state index contributed by atoms with van der Waals surface area (Å²) in [7, 11) is 0. The minimum absolute atomic E-state index is 0.0313. The molecule has 0 aromatic heterocycles. The molecule has 0 bridgehead atoms. The molecule has 2 aromatic rings. The number of carbonyl (C=O) groups excluding carboxylic acids is 1. The molecule has 1 N–H and O–H groups in total. The maximum Gasteiger partial charge on any atom is 0.240 e. The fraction of sp³-hybridized carbons (Fsp3) is 0.350. The van der Waals surface area contributed by atoms with Gasteiger partial charge in [0.1, 0.15) is 0 Å². The van der Waals surface area contributed by atoms with E-state index < -0.39 is 0 Å². The highest BCUT2D eigenvalue weighted by molar-refractivity contribution is 5.82. The SMILES string of the molecule is O=C([C@H]1CCCCN1)N(Cc1ccccc1)Cc1ccccc1. The summed E-state index contributed by atoms with van der Waals surface area (Å²) in [5.74, 6) is 0.220. The van der Waals surface area contributed by atoms with Crippen molar-refractivity contribution >= 4 is 5.91 Å². The fourth-order valence-corrected chi connectivity index (χ4v) is 3.10. The molecule has 1 atom stereocenters. The molecule has 0 radical (unpaired) electrons. The van der Waals surface area contributed by atoms with E-state index in [0.717, 1.165) is 19.4 Å². The predicted octanol–water partition coefficient (Wildman–Crippen LogP) is 3.36. The quantitative estimate of drug-likeness (QED) is 0.918. The zero-order valence-electron chi connectivity index (χ0n) is 13.4. The van der Waals surface area contributed by atoms with E-state index in [1.807, 2.05) is 41.3 Å². The molecule has 23 heavy (non-hydrogen) atoms. The third-order valence-corrected chi connectivity index (χ3v) is 4.35. The van der Waals surface area contributed by atoms with Crippen LogP contribution in [0.2, 0.25) is 0 Å². The predicted molar refractivity (Wildman–Crippen MR) is 92.8 cm³/mol. The molecule has 0 aliphatic carbocycles. The Morgan fingerprint density at radius 3 is 1.96 bits per heavy atom. The van der Waals surface area contributed by atoms with Crippen molar-refractivity contribution in [2.75, 3.05) is 6.54 Å². The van der Waals surface area contributed by atoms with Gasteiger partial charge in [0.05, 0.1) is 6.04 Å². The fourth-order valence-electron chi connectivity index (χ4n) is 3.10. The van der Waals surface area contributed by atoms with Crippen LogP contribution < -0.4 is 5.32 Å². The molecule has 0 spiro atoms. The largest absolute Gasteiger partial charge is 0.333 e. The zero-order chi connectivity index (χ0) is 15.9. The molecule has 1 heterocycles. The third kappa shape index (κ3) is 4.42. The normalized spacial score (nSPS) is 17.7. The summed E-state index contributed by atoms with van der Waals surface area (Å²) in [6, 6.07) is 20.4. The van der Waals surface area contributed by atoms with Crippen LogP contribution in [0.25, 0.3) is 0 Å². The molecule has 3 heteroatoms. The number of amides is 1. The number of benzene rings is 2. The van der Waals surface area contributed by atoms with Crippen LogP contribution >= 0.6 is 0 Å². The van der Waals surface area contributed by atoms with E-state index in [4.69, 9.17) is 0 Å². The number of rotatable bonds is 5. The highest BCUT2D eigenvalue weighted by Crippen LogP contribution is 2.15. The van der Waals surface area contributed by atoms with Crippen LogP contribution in [0.3, 0.4) is 0 Å². The standard InChI is InChI=1S/C20H24N2O/c23-20(19-13-7-8-14-21-19)22(15-17-9-3-1-4-10-17)16-18-11-5-2-6-12-18/h1-6,9-12,19,21H,7-8,13-16H2/t19-/m1/s1. The molecule has 3 nitrogen and oxygen atoms in total. The number of nitrogens with one attached hydrogen (secondary N) is 1. The number of hydrogen-bond acceptors (Lipinski definition) is 2. The van der Waals surface area contributed by atoms with Crippen LogP contribution in [0.4, 0.5) is 0 Å². The van der Waals surface area contributed by atoms with Gasteiger partial charge in [-0.3, -0.25) is 4.79 Å². The summed E-state index contributed by atoms with van der Waals surface area (Å²) in [5, 5.41) is 3.38. The lowest BCUT2D eigenvalue weighted by molar-refractivity contribution is -0.135. The van der Waals surface area contributed by atoms with Gasteiger partial charge in [0.15, 0.2) is 0 Å². The molecular weight excluding hydrogens is 284 g/mol. The first-order valence-corrected chi connectivity index (χ1v) is 8.43. The average Bonchev–Trinajstić information content (AvgIpc) is 2.63. The Hall–Kier alpha value is -2.13. The molecule has 120 valence electrons. The molecule has 1 aliphatic heterocycles. The average molecular weight is 308 g/mol. The van der Waals surface area contributed by atoms with Crippen molar-refractivity contribution in [1.29, 1.82) is 0 Å². The summed E-state index contributed by atoms with van der Waals surface area (Å²) in [6.45, 7) is 2.26. The van der Waals surface area contributed by atoms with E-state index in [2.05, 4.69) is 29.6 Å². The minimum atomic E-state index is -0.0313. The Balaban J connectivity index is 1.76. The molecule has 1 amide bonds. The highest BCUT2D eigenvalue weighted by Gasteiger charge is 2.25. The Kier molecular flexibility index (Phi) is 5.43. The van der Waals surface area contributed by atoms with Gasteiger partial charge in [-0.1, -0.05) is 67.1 Å². The van der Waals surface area contributed by atoms with Crippen molar-refractivity contribution in [3.05, 3.63) is 71.8 Å². The Morgan fingerprint density at radius 1 is 0.913 bits per heavy atom. The first-order valence-electron chi connectivity index (χ1n) is 8.43. The molecular formula is C20H24N2O. The number of nitrogens with zero attached hydrogens (tertiary/aromatic N) is 1.